The first-order chi connectivity index (χ1) is 16.1. The van der Waals surface area contributed by atoms with E-state index < -0.39 is 0 Å². The van der Waals surface area contributed by atoms with Crippen molar-refractivity contribution in [2.24, 2.45) is 5.92 Å². The molecule has 0 bridgehead atoms. The zero-order valence-electron chi connectivity index (χ0n) is 18.4. The molecule has 0 unspecified atom stereocenters. The Hall–Kier alpha value is -3.68. The van der Waals surface area contributed by atoms with Crippen LogP contribution in [0.3, 0.4) is 0 Å². The third-order valence-corrected chi connectivity index (χ3v) is 6.33. The Morgan fingerprint density at radius 1 is 1.21 bits per heavy atom. The molecule has 2 aromatic carbocycles. The number of aromatic nitrogens is 2. The highest BCUT2D eigenvalue weighted by Gasteiger charge is 2.36. The van der Waals surface area contributed by atoms with E-state index in [1.807, 2.05) is 24.3 Å². The van der Waals surface area contributed by atoms with Crippen LogP contribution in [0.4, 0.5) is 0 Å². The molecule has 1 saturated heterocycles. The topological polar surface area (TPSA) is 90.9 Å². The molecule has 0 saturated carbocycles. The summed E-state index contributed by atoms with van der Waals surface area (Å²) in [5.74, 6) is 1.64. The Bertz CT molecular complexity index is 1190. The van der Waals surface area contributed by atoms with E-state index in [-0.39, 0.29) is 30.3 Å². The molecule has 8 heteroatoms. The maximum atomic E-state index is 12.9. The molecule has 2 aliphatic rings. The molecule has 2 atom stereocenters. The van der Waals surface area contributed by atoms with Crippen LogP contribution in [0, 0.1) is 5.92 Å². The van der Waals surface area contributed by atoms with Crippen molar-refractivity contribution in [1.82, 2.24) is 14.9 Å². The van der Waals surface area contributed by atoms with Crippen molar-refractivity contribution in [2.75, 3.05) is 26.8 Å². The van der Waals surface area contributed by atoms with E-state index in [9.17, 15) is 9.59 Å². The van der Waals surface area contributed by atoms with Crippen molar-refractivity contribution in [3.8, 4) is 17.4 Å². The second-order valence-electron chi connectivity index (χ2n) is 8.37. The minimum absolute atomic E-state index is 0.0440. The predicted octanol–water partition coefficient (Wildman–Crippen LogP) is 3.29. The number of amides is 1. The Morgan fingerprint density at radius 2 is 2.09 bits per heavy atom. The highest BCUT2D eigenvalue weighted by molar-refractivity contribution is 6.00. The maximum Gasteiger partial charge on any atom is 0.260 e. The van der Waals surface area contributed by atoms with Crippen LogP contribution in [-0.4, -0.2) is 59.5 Å². The predicted molar refractivity (Wildman–Crippen MR) is 121 cm³/mol. The summed E-state index contributed by atoms with van der Waals surface area (Å²) in [7, 11) is 1.57. The van der Waals surface area contributed by atoms with Gasteiger partial charge in [-0.15, -0.1) is 0 Å². The Balaban J connectivity index is 1.23. The molecule has 170 valence electrons. The number of Topliss-reactive ketones (excluding diaryl/α,β-unsaturated/α-hetero) is 1. The van der Waals surface area contributed by atoms with Crippen LogP contribution in [0.5, 0.6) is 17.4 Å². The standard InChI is InChI=1S/C25H25N3O5/c1-31-17-8-9-22-19(11-17)21(29)12-23(33-22)16-5-4-10-28(13-16)24(30)14-32-25-18-6-2-3-7-20(18)26-15-27-25/h2-3,6-9,11,15-16,23H,4-5,10,12-14H2,1H3/t16-,23+/m0/s1. The SMILES string of the molecule is COc1ccc2c(c1)C(=O)C[C@H]([C@H]1CCCN(C(=O)COc3ncnc4ccccc34)C1)O2. The number of hydrogen-bond acceptors (Lipinski definition) is 7. The molecular weight excluding hydrogens is 422 g/mol. The molecule has 5 rings (SSSR count). The Kier molecular flexibility index (Phi) is 5.81. The number of ether oxygens (including phenoxy) is 3. The molecule has 3 heterocycles. The van der Waals surface area contributed by atoms with Crippen LogP contribution in [0.15, 0.2) is 48.8 Å². The molecule has 2 aliphatic heterocycles. The van der Waals surface area contributed by atoms with Gasteiger partial charge in [0.05, 0.1) is 23.6 Å². The van der Waals surface area contributed by atoms with Crippen molar-refractivity contribution in [3.05, 3.63) is 54.4 Å². The number of para-hydroxylation sites is 1. The zero-order chi connectivity index (χ0) is 22.8. The number of ketones is 1. The molecule has 0 spiro atoms. The largest absolute Gasteiger partial charge is 0.497 e. The molecule has 8 nitrogen and oxygen atoms in total. The quantitative estimate of drug-likeness (QED) is 0.593. The highest BCUT2D eigenvalue weighted by atomic mass is 16.5. The first kappa shape index (κ1) is 21.2. The van der Waals surface area contributed by atoms with Crippen molar-refractivity contribution >= 4 is 22.6 Å². The number of benzene rings is 2. The van der Waals surface area contributed by atoms with Gasteiger partial charge in [0.15, 0.2) is 12.4 Å². The Morgan fingerprint density at radius 3 is 2.97 bits per heavy atom. The summed E-state index contributed by atoms with van der Waals surface area (Å²) in [6, 6.07) is 12.8. The third kappa shape index (κ3) is 4.33. The lowest BCUT2D eigenvalue weighted by Crippen LogP contribution is -2.47. The minimum atomic E-state index is -0.249. The molecule has 0 aliphatic carbocycles. The third-order valence-electron chi connectivity index (χ3n) is 6.33. The van der Waals surface area contributed by atoms with Gasteiger partial charge in [0, 0.05) is 25.4 Å². The van der Waals surface area contributed by atoms with Crippen LogP contribution in [-0.2, 0) is 4.79 Å². The van der Waals surface area contributed by atoms with E-state index in [4.69, 9.17) is 14.2 Å². The summed E-state index contributed by atoms with van der Waals surface area (Å²) < 4.78 is 17.2. The van der Waals surface area contributed by atoms with Gasteiger partial charge in [-0.2, -0.15) is 0 Å². The van der Waals surface area contributed by atoms with E-state index >= 15 is 0 Å². The number of likely N-dealkylation sites (tertiary alicyclic amines) is 1. The number of rotatable bonds is 5. The van der Waals surface area contributed by atoms with Gasteiger partial charge in [-0.05, 0) is 43.2 Å². The van der Waals surface area contributed by atoms with E-state index in [2.05, 4.69) is 9.97 Å². The van der Waals surface area contributed by atoms with Gasteiger partial charge in [-0.1, -0.05) is 12.1 Å². The zero-order valence-corrected chi connectivity index (χ0v) is 18.4. The summed E-state index contributed by atoms with van der Waals surface area (Å²) in [5, 5.41) is 0.772. The second kappa shape index (κ2) is 9.05. The number of methoxy groups -OCH3 is 1. The molecule has 1 fully saturated rings. The second-order valence-corrected chi connectivity index (χ2v) is 8.37. The normalized spacial score (nSPS) is 20.2. The Labute approximate surface area is 191 Å². The maximum absolute atomic E-state index is 12.9. The lowest BCUT2D eigenvalue weighted by atomic mass is 9.87. The number of fused-ring (bicyclic) bond motifs is 2. The molecule has 0 radical (unpaired) electrons. The fourth-order valence-electron chi connectivity index (χ4n) is 4.57. The summed E-state index contributed by atoms with van der Waals surface area (Å²) in [6.07, 6.45) is 3.25. The van der Waals surface area contributed by atoms with Crippen molar-refractivity contribution in [2.45, 2.75) is 25.4 Å². The summed E-state index contributed by atoms with van der Waals surface area (Å²) in [6.45, 7) is 1.11. The molecule has 3 aromatic rings. The van der Waals surface area contributed by atoms with Gasteiger partial charge in [0.2, 0.25) is 5.88 Å². The van der Waals surface area contributed by atoms with E-state index in [0.29, 0.717) is 42.5 Å². The molecule has 0 N–H and O–H groups in total. The lowest BCUT2D eigenvalue weighted by molar-refractivity contribution is -0.136. The first-order valence-electron chi connectivity index (χ1n) is 11.1. The molecule has 1 aromatic heterocycles. The van der Waals surface area contributed by atoms with Gasteiger partial charge in [-0.25, -0.2) is 9.97 Å². The highest BCUT2D eigenvalue weighted by Crippen LogP contribution is 2.35. The van der Waals surface area contributed by atoms with Crippen molar-refractivity contribution < 1.29 is 23.8 Å². The van der Waals surface area contributed by atoms with Gasteiger partial charge < -0.3 is 19.1 Å². The van der Waals surface area contributed by atoms with Crippen molar-refractivity contribution in [3.63, 3.8) is 0 Å². The summed E-state index contributed by atoms with van der Waals surface area (Å²) in [4.78, 5) is 35.8. The fourth-order valence-corrected chi connectivity index (χ4v) is 4.57. The number of piperidine rings is 1. The van der Waals surface area contributed by atoms with Gasteiger partial charge in [0.25, 0.3) is 5.91 Å². The lowest BCUT2D eigenvalue weighted by Gasteiger charge is -2.38. The number of nitrogens with zero attached hydrogens (tertiary/aromatic N) is 3. The number of carbonyl (C=O) groups is 2. The number of hydrogen-bond donors (Lipinski definition) is 0. The summed E-state index contributed by atoms with van der Waals surface area (Å²) >= 11 is 0. The van der Waals surface area contributed by atoms with Gasteiger partial charge >= 0.3 is 0 Å². The van der Waals surface area contributed by atoms with Crippen LogP contribution < -0.4 is 14.2 Å². The van der Waals surface area contributed by atoms with Gasteiger partial charge in [0.1, 0.15) is 23.9 Å². The number of carbonyl (C=O) groups excluding carboxylic acids is 2. The van der Waals surface area contributed by atoms with Crippen LogP contribution in [0.2, 0.25) is 0 Å². The average Bonchev–Trinajstić information content (AvgIpc) is 2.87. The minimum Gasteiger partial charge on any atom is -0.497 e. The molecule has 33 heavy (non-hydrogen) atoms. The average molecular weight is 447 g/mol. The van der Waals surface area contributed by atoms with Crippen LogP contribution >= 0.6 is 0 Å². The van der Waals surface area contributed by atoms with E-state index in [1.165, 1.54) is 6.33 Å². The van der Waals surface area contributed by atoms with E-state index in [1.54, 1.807) is 30.2 Å². The van der Waals surface area contributed by atoms with Crippen LogP contribution in [0.25, 0.3) is 10.9 Å². The first-order valence-corrected chi connectivity index (χ1v) is 11.1. The van der Waals surface area contributed by atoms with E-state index in [0.717, 1.165) is 23.7 Å². The molecular formula is C25H25N3O5. The monoisotopic (exact) mass is 447 g/mol. The van der Waals surface area contributed by atoms with Crippen molar-refractivity contribution in [1.29, 1.82) is 0 Å². The molecule has 1 amide bonds. The van der Waals surface area contributed by atoms with Gasteiger partial charge in [-0.3, -0.25) is 9.59 Å². The van der Waals surface area contributed by atoms with Crippen LogP contribution in [0.1, 0.15) is 29.6 Å². The fraction of sp³-hybridized carbons (Fsp3) is 0.360. The summed E-state index contributed by atoms with van der Waals surface area (Å²) in [5.41, 5.74) is 1.32. The smallest absolute Gasteiger partial charge is 0.260 e.